The van der Waals surface area contributed by atoms with E-state index in [0.717, 1.165) is 12.3 Å². The highest BCUT2D eigenvalue weighted by atomic mass is 19.2. The highest BCUT2D eigenvalue weighted by molar-refractivity contribution is 5.71. The van der Waals surface area contributed by atoms with Gasteiger partial charge in [0.15, 0.2) is 29.0 Å². The Morgan fingerprint density at radius 1 is 1.00 bits per heavy atom. The number of rotatable bonds is 2. The summed E-state index contributed by atoms with van der Waals surface area (Å²) < 4.78 is 66.5. The molecule has 2 aromatic rings. The molecule has 2 rings (SSSR count). The van der Waals surface area contributed by atoms with Crippen molar-refractivity contribution in [2.24, 2.45) is 0 Å². The maximum absolute atomic E-state index is 13.6. The molecule has 0 saturated carbocycles. The third kappa shape index (κ3) is 2.30. The zero-order valence-electron chi connectivity index (χ0n) is 10.3. The van der Waals surface area contributed by atoms with Crippen LogP contribution in [0, 0.1) is 46.1 Å². The molecule has 0 aliphatic rings. The first-order valence-electron chi connectivity index (χ1n) is 5.38. The fourth-order valence-electron chi connectivity index (χ4n) is 1.70. The molecule has 0 aliphatic heterocycles. The predicted molar refractivity (Wildman–Crippen MR) is 60.9 cm³/mol. The molecule has 0 atom stereocenters. The van der Waals surface area contributed by atoms with Crippen molar-refractivity contribution in [1.29, 1.82) is 0 Å². The highest BCUT2D eigenvalue weighted by Crippen LogP contribution is 2.35. The van der Waals surface area contributed by atoms with Gasteiger partial charge < -0.3 is 0 Å². The molecule has 0 radical (unpaired) electrons. The quantitative estimate of drug-likeness (QED) is 0.280. The average Bonchev–Trinajstić information content (AvgIpc) is 2.44. The van der Waals surface area contributed by atoms with Crippen LogP contribution in [0.3, 0.4) is 0 Å². The minimum absolute atomic E-state index is 0.286. The van der Waals surface area contributed by atoms with E-state index in [9.17, 15) is 32.1 Å². The van der Waals surface area contributed by atoms with Crippen molar-refractivity contribution in [3.63, 3.8) is 0 Å². The average molecular weight is 304 g/mol. The molecule has 0 fully saturated rings. The maximum atomic E-state index is 13.6. The van der Waals surface area contributed by atoms with Crippen molar-refractivity contribution in [3.8, 4) is 11.3 Å². The summed E-state index contributed by atoms with van der Waals surface area (Å²) in [4.78, 5) is 13.3. The molecule has 1 aromatic carbocycles. The van der Waals surface area contributed by atoms with Gasteiger partial charge in [-0.2, -0.15) is 0 Å². The van der Waals surface area contributed by atoms with E-state index in [1.165, 1.54) is 6.92 Å². The van der Waals surface area contributed by atoms with E-state index in [2.05, 4.69) is 4.98 Å². The first-order chi connectivity index (χ1) is 9.75. The summed E-state index contributed by atoms with van der Waals surface area (Å²) in [6.45, 7) is 1.42. The molecule has 1 heterocycles. The molecule has 21 heavy (non-hydrogen) atoms. The molecule has 0 bridgehead atoms. The normalized spacial score (nSPS) is 10.8. The topological polar surface area (TPSA) is 56.0 Å². The molecule has 1 aromatic heterocycles. The monoisotopic (exact) mass is 304 g/mol. The van der Waals surface area contributed by atoms with Crippen LogP contribution in [0.15, 0.2) is 12.3 Å². The second-order valence-corrected chi connectivity index (χ2v) is 4.08. The summed E-state index contributed by atoms with van der Waals surface area (Å²) >= 11 is 0. The molecule has 110 valence electrons. The number of aryl methyl sites for hydroxylation is 1. The summed E-state index contributed by atoms with van der Waals surface area (Å²) in [7, 11) is 0. The Morgan fingerprint density at radius 3 is 1.95 bits per heavy atom. The number of hydrogen-bond donors (Lipinski definition) is 0. The van der Waals surface area contributed by atoms with Gasteiger partial charge in [0.1, 0.15) is 0 Å². The van der Waals surface area contributed by atoms with Gasteiger partial charge in [-0.25, -0.2) is 26.9 Å². The number of hydrogen-bond acceptors (Lipinski definition) is 3. The number of nitrogens with zero attached hydrogens (tertiary/aromatic N) is 2. The zero-order valence-corrected chi connectivity index (χ0v) is 10.3. The van der Waals surface area contributed by atoms with Crippen molar-refractivity contribution in [3.05, 3.63) is 57.0 Å². The molecule has 0 N–H and O–H groups in total. The van der Waals surface area contributed by atoms with Crippen LogP contribution < -0.4 is 0 Å². The second-order valence-electron chi connectivity index (χ2n) is 4.08. The smallest absolute Gasteiger partial charge is 0.258 e. The summed E-state index contributed by atoms with van der Waals surface area (Å²) in [5.41, 5.74) is -2.94. The van der Waals surface area contributed by atoms with Crippen LogP contribution in [0.1, 0.15) is 5.56 Å². The van der Waals surface area contributed by atoms with Crippen molar-refractivity contribution in [2.75, 3.05) is 0 Å². The molecular weight excluding hydrogens is 299 g/mol. The fraction of sp³-hybridized carbons (Fsp3) is 0.0833. The van der Waals surface area contributed by atoms with Crippen LogP contribution in [0.25, 0.3) is 11.3 Å². The Balaban J connectivity index is 2.89. The van der Waals surface area contributed by atoms with Crippen LogP contribution in [-0.2, 0) is 0 Å². The minimum Gasteiger partial charge on any atom is -0.258 e. The van der Waals surface area contributed by atoms with Gasteiger partial charge in [-0.3, -0.25) is 10.1 Å². The lowest BCUT2D eigenvalue weighted by atomic mass is 10.1. The van der Waals surface area contributed by atoms with Gasteiger partial charge >= 0.3 is 0 Å². The van der Waals surface area contributed by atoms with Crippen LogP contribution in [0.5, 0.6) is 0 Å². The van der Waals surface area contributed by atoms with Gasteiger partial charge in [-0.1, -0.05) is 0 Å². The van der Waals surface area contributed by atoms with Gasteiger partial charge in [0.05, 0.1) is 10.5 Å². The number of pyridine rings is 1. The summed E-state index contributed by atoms with van der Waals surface area (Å²) in [6.07, 6.45) is 1.01. The third-order valence-electron chi connectivity index (χ3n) is 2.65. The lowest BCUT2D eigenvalue weighted by molar-refractivity contribution is -0.384. The Morgan fingerprint density at radius 2 is 1.48 bits per heavy atom. The lowest BCUT2D eigenvalue weighted by Gasteiger charge is -2.08. The van der Waals surface area contributed by atoms with Gasteiger partial charge in [-0.15, -0.1) is 0 Å². The largest absolute Gasteiger partial charge is 0.295 e. The lowest BCUT2D eigenvalue weighted by Crippen LogP contribution is -2.06. The molecular formula is C12H5F5N2O2. The van der Waals surface area contributed by atoms with Crippen LogP contribution in [0.4, 0.5) is 27.6 Å². The third-order valence-corrected chi connectivity index (χ3v) is 2.65. The van der Waals surface area contributed by atoms with E-state index < -0.39 is 51.0 Å². The highest BCUT2D eigenvalue weighted by Gasteiger charge is 2.31. The number of benzene rings is 1. The van der Waals surface area contributed by atoms with Gasteiger partial charge in [0.25, 0.3) is 5.69 Å². The SMILES string of the molecule is Cc1cnc(-c2c(F)c(F)c(F)c(F)c2F)c([N+](=O)[O-])c1. The summed E-state index contributed by atoms with van der Waals surface area (Å²) in [6, 6.07) is 0.917. The minimum atomic E-state index is -2.34. The van der Waals surface area contributed by atoms with Gasteiger partial charge in [0.2, 0.25) is 5.82 Å². The molecule has 0 spiro atoms. The van der Waals surface area contributed by atoms with Gasteiger partial charge in [-0.05, 0) is 12.5 Å². The Hall–Kier alpha value is -2.58. The standard InChI is InChI=1S/C12H5F5N2O2/c1-4-2-5(19(20)21)12(18-3-4)6-7(13)9(15)11(17)10(16)8(6)14/h2-3H,1H3. The van der Waals surface area contributed by atoms with Crippen LogP contribution >= 0.6 is 0 Å². The summed E-state index contributed by atoms with van der Waals surface area (Å²) in [5, 5.41) is 10.9. The van der Waals surface area contributed by atoms with E-state index in [-0.39, 0.29) is 5.56 Å². The van der Waals surface area contributed by atoms with E-state index in [1.807, 2.05) is 0 Å². The first-order valence-corrected chi connectivity index (χ1v) is 5.38. The van der Waals surface area contributed by atoms with E-state index in [1.54, 1.807) is 0 Å². The molecule has 9 heteroatoms. The van der Waals surface area contributed by atoms with Gasteiger partial charge in [0, 0.05) is 12.3 Å². The Kier molecular flexibility index (Phi) is 3.58. The predicted octanol–water partition coefficient (Wildman–Crippen LogP) is 3.66. The van der Waals surface area contributed by atoms with Crippen LogP contribution in [0.2, 0.25) is 0 Å². The number of aromatic nitrogens is 1. The molecule has 0 unspecified atom stereocenters. The Bertz CT molecular complexity index is 735. The Labute approximate surface area is 114 Å². The number of halogens is 5. The summed E-state index contributed by atoms with van der Waals surface area (Å²) in [5.74, 6) is -11.1. The zero-order chi connectivity index (χ0) is 15.9. The fourth-order valence-corrected chi connectivity index (χ4v) is 1.70. The molecule has 0 saturated heterocycles. The van der Waals surface area contributed by atoms with E-state index in [0.29, 0.717) is 0 Å². The molecule has 0 aliphatic carbocycles. The van der Waals surface area contributed by atoms with Crippen molar-refractivity contribution in [1.82, 2.24) is 4.98 Å². The van der Waals surface area contributed by atoms with E-state index in [4.69, 9.17) is 0 Å². The van der Waals surface area contributed by atoms with Crippen LogP contribution in [-0.4, -0.2) is 9.91 Å². The second kappa shape index (κ2) is 5.08. The van der Waals surface area contributed by atoms with Crippen molar-refractivity contribution >= 4 is 5.69 Å². The maximum Gasteiger partial charge on any atom is 0.295 e. The molecule has 4 nitrogen and oxygen atoms in total. The van der Waals surface area contributed by atoms with Crippen molar-refractivity contribution < 1.29 is 26.9 Å². The number of nitro groups is 1. The first kappa shape index (κ1) is 14.8. The molecule has 0 amide bonds. The van der Waals surface area contributed by atoms with E-state index >= 15 is 0 Å². The van der Waals surface area contributed by atoms with Crippen molar-refractivity contribution in [2.45, 2.75) is 6.92 Å².